The zero-order valence-electron chi connectivity index (χ0n) is 17.9. The Morgan fingerprint density at radius 2 is 1.44 bits per heavy atom. The average molecular weight is 450 g/mol. The van der Waals surface area contributed by atoms with Gasteiger partial charge in [-0.15, -0.1) is 0 Å². The first-order valence-corrected chi connectivity index (χ1v) is 9.85. The van der Waals surface area contributed by atoms with Crippen molar-refractivity contribution in [1.29, 1.82) is 0 Å². The summed E-state index contributed by atoms with van der Waals surface area (Å²) in [5.74, 6) is -2.70. The van der Waals surface area contributed by atoms with Crippen LogP contribution in [0.2, 0.25) is 0 Å². The van der Waals surface area contributed by atoms with Crippen LogP contribution < -0.4 is 5.32 Å². The third kappa shape index (κ3) is 7.49. The van der Waals surface area contributed by atoms with Gasteiger partial charge in [-0.05, 0) is 31.9 Å². The van der Waals surface area contributed by atoms with Crippen molar-refractivity contribution >= 4 is 18.1 Å². The minimum atomic E-state index is -4.82. The zero-order chi connectivity index (χ0) is 23.9. The second-order valence-corrected chi connectivity index (χ2v) is 8.10. The fraction of sp³-hybridized carbons (Fsp3) is 0.348. The standard InChI is InChI=1S/C23H25F3N2O4/c1-22(2,3)32-28(15-29)18(14-23(24,25)26)20(30)21(31)27-19(16-10-6-4-7-11-16)17-12-8-5-9-13-17/h4-13,15,18-19H,14H2,1-3H3,(H,27,31)/t18-/m0/s1. The molecule has 2 aromatic rings. The van der Waals surface area contributed by atoms with Gasteiger partial charge in [0.05, 0.1) is 18.1 Å². The molecule has 2 amide bonds. The van der Waals surface area contributed by atoms with Crippen molar-refractivity contribution in [3.63, 3.8) is 0 Å². The Morgan fingerprint density at radius 1 is 0.969 bits per heavy atom. The van der Waals surface area contributed by atoms with Crippen molar-refractivity contribution < 1.29 is 32.4 Å². The molecule has 9 heteroatoms. The second-order valence-electron chi connectivity index (χ2n) is 8.10. The Kier molecular flexibility index (Phi) is 8.15. The molecular formula is C23H25F3N2O4. The van der Waals surface area contributed by atoms with E-state index in [2.05, 4.69) is 5.32 Å². The highest BCUT2D eigenvalue weighted by Gasteiger charge is 2.42. The van der Waals surface area contributed by atoms with Crippen LogP contribution in [0, 0.1) is 0 Å². The van der Waals surface area contributed by atoms with Crippen LogP contribution in [0.3, 0.4) is 0 Å². The summed E-state index contributed by atoms with van der Waals surface area (Å²) in [6.45, 7) is 4.50. The predicted molar refractivity (Wildman–Crippen MR) is 111 cm³/mol. The number of carbonyl (C=O) groups is 3. The van der Waals surface area contributed by atoms with Crippen LogP contribution in [0.1, 0.15) is 44.4 Å². The number of rotatable bonds is 9. The lowest BCUT2D eigenvalue weighted by Gasteiger charge is -2.32. The monoisotopic (exact) mass is 450 g/mol. The van der Waals surface area contributed by atoms with Gasteiger partial charge in [0, 0.05) is 0 Å². The molecule has 172 valence electrons. The van der Waals surface area contributed by atoms with Crippen LogP contribution in [0.4, 0.5) is 13.2 Å². The Balaban J connectivity index is 2.35. The van der Waals surface area contributed by atoms with Crippen molar-refractivity contribution in [1.82, 2.24) is 10.4 Å². The van der Waals surface area contributed by atoms with E-state index in [9.17, 15) is 27.6 Å². The minimum Gasteiger partial charge on any atom is -0.339 e. The first-order valence-electron chi connectivity index (χ1n) is 9.85. The average Bonchev–Trinajstić information content (AvgIpc) is 2.73. The highest BCUT2D eigenvalue weighted by molar-refractivity contribution is 6.38. The van der Waals surface area contributed by atoms with Crippen molar-refractivity contribution in [2.45, 2.75) is 51.1 Å². The topological polar surface area (TPSA) is 75.7 Å². The summed E-state index contributed by atoms with van der Waals surface area (Å²) in [7, 11) is 0. The number of amides is 2. The number of nitrogens with zero attached hydrogens (tertiary/aromatic N) is 1. The molecule has 1 N–H and O–H groups in total. The molecule has 2 rings (SSSR count). The summed E-state index contributed by atoms with van der Waals surface area (Å²) in [5, 5.41) is 2.76. The molecule has 0 aliphatic heterocycles. The number of carbonyl (C=O) groups excluding carboxylic acids is 3. The minimum absolute atomic E-state index is 0.0291. The number of alkyl halides is 3. The number of nitrogens with one attached hydrogen (secondary N) is 1. The molecule has 2 aromatic carbocycles. The number of ketones is 1. The number of Topliss-reactive ketones (excluding diaryl/α,β-unsaturated/α-hetero) is 1. The third-order valence-electron chi connectivity index (χ3n) is 4.28. The van der Waals surface area contributed by atoms with E-state index in [1.807, 2.05) is 0 Å². The number of halogens is 3. The molecular weight excluding hydrogens is 425 g/mol. The molecule has 1 atom stereocenters. The number of hydrogen-bond donors (Lipinski definition) is 1. The molecule has 0 saturated heterocycles. The third-order valence-corrected chi connectivity index (χ3v) is 4.28. The van der Waals surface area contributed by atoms with Crippen molar-refractivity contribution in [3.05, 3.63) is 71.8 Å². The van der Waals surface area contributed by atoms with Crippen molar-refractivity contribution in [3.8, 4) is 0 Å². The lowest BCUT2D eigenvalue weighted by atomic mass is 9.98. The Labute approximate surface area is 184 Å². The summed E-state index contributed by atoms with van der Waals surface area (Å²) in [4.78, 5) is 42.3. The molecule has 0 aliphatic rings. The highest BCUT2D eigenvalue weighted by atomic mass is 19.4. The Hall–Kier alpha value is -3.20. The second kappa shape index (κ2) is 10.4. The van der Waals surface area contributed by atoms with E-state index in [1.165, 1.54) is 20.8 Å². The molecule has 0 aliphatic carbocycles. The number of benzene rings is 2. The van der Waals surface area contributed by atoms with Gasteiger partial charge >= 0.3 is 6.18 Å². The maximum atomic E-state index is 13.2. The maximum absolute atomic E-state index is 13.2. The molecule has 0 radical (unpaired) electrons. The number of hydroxylamine groups is 2. The van der Waals surface area contributed by atoms with E-state index in [4.69, 9.17) is 4.84 Å². The molecule has 32 heavy (non-hydrogen) atoms. The van der Waals surface area contributed by atoms with Crippen LogP contribution >= 0.6 is 0 Å². The van der Waals surface area contributed by atoms with Crippen molar-refractivity contribution in [2.75, 3.05) is 0 Å². The Bertz CT molecular complexity index is 873. The van der Waals surface area contributed by atoms with Gasteiger partial charge in [-0.1, -0.05) is 60.7 Å². The van der Waals surface area contributed by atoms with Crippen LogP contribution in [0.15, 0.2) is 60.7 Å². The van der Waals surface area contributed by atoms with Gasteiger partial charge in [0.1, 0.15) is 6.04 Å². The smallest absolute Gasteiger partial charge is 0.339 e. The first kappa shape index (κ1) is 25.1. The normalized spacial score (nSPS) is 12.8. The molecule has 0 heterocycles. The predicted octanol–water partition coefficient (Wildman–Crippen LogP) is 3.97. The van der Waals surface area contributed by atoms with E-state index in [-0.39, 0.29) is 11.5 Å². The first-order chi connectivity index (χ1) is 14.9. The molecule has 0 unspecified atom stereocenters. The van der Waals surface area contributed by atoms with Gasteiger partial charge in [0.2, 0.25) is 12.2 Å². The summed E-state index contributed by atoms with van der Waals surface area (Å²) < 4.78 is 39.5. The van der Waals surface area contributed by atoms with E-state index in [0.717, 1.165) is 0 Å². The fourth-order valence-electron chi connectivity index (χ4n) is 3.00. The quantitative estimate of drug-likeness (QED) is 0.356. The summed E-state index contributed by atoms with van der Waals surface area (Å²) in [6.07, 6.45) is -6.57. The van der Waals surface area contributed by atoms with Gasteiger partial charge in [-0.2, -0.15) is 13.2 Å². The largest absolute Gasteiger partial charge is 0.391 e. The number of hydrogen-bond acceptors (Lipinski definition) is 4. The van der Waals surface area contributed by atoms with Crippen LogP contribution in [0.5, 0.6) is 0 Å². The van der Waals surface area contributed by atoms with Crippen LogP contribution in [0.25, 0.3) is 0 Å². The van der Waals surface area contributed by atoms with E-state index >= 15 is 0 Å². The maximum Gasteiger partial charge on any atom is 0.391 e. The van der Waals surface area contributed by atoms with Gasteiger partial charge in [-0.3, -0.25) is 19.2 Å². The molecule has 6 nitrogen and oxygen atoms in total. The van der Waals surface area contributed by atoms with E-state index < -0.39 is 42.0 Å². The summed E-state index contributed by atoms with van der Waals surface area (Å²) >= 11 is 0. The van der Waals surface area contributed by atoms with Crippen LogP contribution in [-0.2, 0) is 19.2 Å². The molecule has 0 bridgehead atoms. The van der Waals surface area contributed by atoms with Crippen LogP contribution in [-0.4, -0.2) is 41.0 Å². The van der Waals surface area contributed by atoms with Gasteiger partial charge in [0.15, 0.2) is 0 Å². The van der Waals surface area contributed by atoms with E-state index in [0.29, 0.717) is 11.1 Å². The lowest BCUT2D eigenvalue weighted by molar-refractivity contribution is -0.244. The lowest BCUT2D eigenvalue weighted by Crippen LogP contribution is -2.51. The van der Waals surface area contributed by atoms with Gasteiger partial charge in [0.25, 0.3) is 5.91 Å². The summed E-state index contributed by atoms with van der Waals surface area (Å²) in [6, 6.07) is 14.4. The Morgan fingerprint density at radius 3 is 1.81 bits per heavy atom. The highest BCUT2D eigenvalue weighted by Crippen LogP contribution is 2.27. The molecule has 0 aromatic heterocycles. The van der Waals surface area contributed by atoms with Crippen molar-refractivity contribution in [2.24, 2.45) is 0 Å². The SMILES string of the molecule is CC(C)(C)ON(C=O)[C@@H](CC(F)(F)F)C(=O)C(=O)NC(c1ccccc1)c1ccccc1. The zero-order valence-corrected chi connectivity index (χ0v) is 17.9. The molecule has 0 saturated carbocycles. The van der Waals surface area contributed by atoms with Gasteiger partial charge in [-0.25, -0.2) is 5.06 Å². The fourth-order valence-corrected chi connectivity index (χ4v) is 3.00. The molecule has 0 fully saturated rings. The summed E-state index contributed by atoms with van der Waals surface area (Å²) in [5.41, 5.74) is 0.189. The molecule has 0 spiro atoms. The van der Waals surface area contributed by atoms with Gasteiger partial charge < -0.3 is 5.32 Å². The van der Waals surface area contributed by atoms with E-state index in [1.54, 1.807) is 60.7 Å².